The summed E-state index contributed by atoms with van der Waals surface area (Å²) >= 11 is 7.28. The molecule has 0 unspecified atom stereocenters. The SMILES string of the molecule is O=C(CSCc1ccc(Cl)cc1)NNC(=O)c1cc(-c2ccccc2)n[nH]1. The molecule has 0 saturated carbocycles. The largest absolute Gasteiger partial charge is 0.287 e. The average Bonchev–Trinajstić information content (AvgIpc) is 3.19. The second kappa shape index (κ2) is 9.25. The number of rotatable bonds is 6. The van der Waals surface area contributed by atoms with Crippen molar-refractivity contribution in [3.8, 4) is 11.3 Å². The standard InChI is InChI=1S/C19H17ClN4O2S/c20-15-8-6-13(7-9-15)11-27-12-18(25)23-24-19(26)17-10-16(21-22-17)14-4-2-1-3-5-14/h1-10H,11-12H2,(H,21,22)(H,23,25)(H,24,26). The molecule has 0 radical (unpaired) electrons. The van der Waals surface area contributed by atoms with Crippen molar-refractivity contribution in [2.45, 2.75) is 5.75 Å². The maximum Gasteiger partial charge on any atom is 0.287 e. The van der Waals surface area contributed by atoms with Gasteiger partial charge in [-0.3, -0.25) is 25.5 Å². The monoisotopic (exact) mass is 400 g/mol. The molecule has 0 atom stereocenters. The molecular formula is C19H17ClN4O2S. The summed E-state index contributed by atoms with van der Waals surface area (Å²) in [6, 6.07) is 18.6. The van der Waals surface area contributed by atoms with Gasteiger partial charge in [0.2, 0.25) is 5.91 Å². The Labute approximate surface area is 165 Å². The molecule has 0 bridgehead atoms. The number of aromatic amines is 1. The number of H-pyrrole nitrogens is 1. The van der Waals surface area contributed by atoms with E-state index in [4.69, 9.17) is 11.6 Å². The molecule has 0 spiro atoms. The number of hydrazine groups is 1. The van der Waals surface area contributed by atoms with Gasteiger partial charge in [-0.05, 0) is 23.8 Å². The van der Waals surface area contributed by atoms with E-state index in [1.54, 1.807) is 6.07 Å². The van der Waals surface area contributed by atoms with Crippen molar-refractivity contribution in [3.05, 3.63) is 76.9 Å². The van der Waals surface area contributed by atoms with Crippen LogP contribution in [-0.4, -0.2) is 27.8 Å². The highest BCUT2D eigenvalue weighted by molar-refractivity contribution is 7.99. The number of aromatic nitrogens is 2. The second-order valence-corrected chi connectivity index (χ2v) is 7.08. The molecule has 0 fully saturated rings. The third-order valence-electron chi connectivity index (χ3n) is 3.62. The summed E-state index contributed by atoms with van der Waals surface area (Å²) in [5.74, 6) is 0.159. The molecule has 0 aliphatic rings. The number of benzene rings is 2. The number of carbonyl (C=O) groups excluding carboxylic acids is 2. The minimum Gasteiger partial charge on any atom is -0.272 e. The highest BCUT2D eigenvalue weighted by atomic mass is 35.5. The van der Waals surface area contributed by atoms with Gasteiger partial charge in [-0.1, -0.05) is 54.1 Å². The Morgan fingerprint density at radius 1 is 1.04 bits per heavy atom. The Balaban J connectivity index is 1.43. The van der Waals surface area contributed by atoms with Crippen LogP contribution in [0.4, 0.5) is 0 Å². The molecule has 27 heavy (non-hydrogen) atoms. The Morgan fingerprint density at radius 2 is 1.78 bits per heavy atom. The van der Waals surface area contributed by atoms with Crippen LogP contribution in [0.2, 0.25) is 5.02 Å². The van der Waals surface area contributed by atoms with Crippen LogP contribution in [0.25, 0.3) is 11.3 Å². The van der Waals surface area contributed by atoms with Crippen molar-refractivity contribution in [3.63, 3.8) is 0 Å². The van der Waals surface area contributed by atoms with Crippen molar-refractivity contribution in [1.82, 2.24) is 21.0 Å². The topological polar surface area (TPSA) is 86.9 Å². The van der Waals surface area contributed by atoms with Crippen LogP contribution >= 0.6 is 23.4 Å². The van der Waals surface area contributed by atoms with Gasteiger partial charge in [0.1, 0.15) is 5.69 Å². The van der Waals surface area contributed by atoms with E-state index < -0.39 is 5.91 Å². The molecule has 0 aliphatic carbocycles. The van der Waals surface area contributed by atoms with E-state index in [1.165, 1.54) is 11.8 Å². The number of halogens is 1. The molecule has 138 valence electrons. The molecular weight excluding hydrogens is 384 g/mol. The maximum absolute atomic E-state index is 12.1. The van der Waals surface area contributed by atoms with Gasteiger partial charge in [0.15, 0.2) is 0 Å². The molecule has 2 amide bonds. The van der Waals surface area contributed by atoms with Crippen LogP contribution in [0.3, 0.4) is 0 Å². The van der Waals surface area contributed by atoms with E-state index >= 15 is 0 Å². The summed E-state index contributed by atoms with van der Waals surface area (Å²) in [7, 11) is 0. The van der Waals surface area contributed by atoms with Crippen LogP contribution < -0.4 is 10.9 Å². The fourth-order valence-corrected chi connectivity index (χ4v) is 3.18. The smallest absolute Gasteiger partial charge is 0.272 e. The highest BCUT2D eigenvalue weighted by Crippen LogP contribution is 2.17. The van der Waals surface area contributed by atoms with Crippen LogP contribution in [0.1, 0.15) is 16.1 Å². The molecule has 3 rings (SSSR count). The third kappa shape index (κ3) is 5.60. The molecule has 2 aromatic carbocycles. The zero-order chi connectivity index (χ0) is 19.1. The van der Waals surface area contributed by atoms with Crippen molar-refractivity contribution in [2.75, 3.05) is 5.75 Å². The summed E-state index contributed by atoms with van der Waals surface area (Å²) in [5.41, 5.74) is 7.68. The van der Waals surface area contributed by atoms with Crippen molar-refractivity contribution in [2.24, 2.45) is 0 Å². The Morgan fingerprint density at radius 3 is 2.52 bits per heavy atom. The van der Waals surface area contributed by atoms with Gasteiger partial charge in [-0.15, -0.1) is 11.8 Å². The maximum atomic E-state index is 12.1. The number of hydrogen-bond acceptors (Lipinski definition) is 4. The van der Waals surface area contributed by atoms with Gasteiger partial charge in [-0.2, -0.15) is 5.10 Å². The first kappa shape index (κ1) is 19.0. The van der Waals surface area contributed by atoms with E-state index in [9.17, 15) is 9.59 Å². The minimum absolute atomic E-state index is 0.223. The lowest BCUT2D eigenvalue weighted by atomic mass is 10.1. The van der Waals surface area contributed by atoms with Crippen LogP contribution in [0, 0.1) is 0 Å². The van der Waals surface area contributed by atoms with Crippen LogP contribution in [-0.2, 0) is 10.5 Å². The van der Waals surface area contributed by atoms with E-state index in [1.807, 2.05) is 54.6 Å². The Kier molecular flexibility index (Phi) is 6.51. The Hall–Kier alpha value is -2.77. The van der Waals surface area contributed by atoms with Gasteiger partial charge in [-0.25, -0.2) is 0 Å². The minimum atomic E-state index is -0.458. The lowest BCUT2D eigenvalue weighted by molar-refractivity contribution is -0.119. The number of hydrogen-bond donors (Lipinski definition) is 3. The van der Waals surface area contributed by atoms with Crippen LogP contribution in [0.15, 0.2) is 60.7 Å². The predicted octanol–water partition coefficient (Wildman–Crippen LogP) is 3.42. The summed E-state index contributed by atoms with van der Waals surface area (Å²) in [5, 5.41) is 7.46. The van der Waals surface area contributed by atoms with E-state index in [-0.39, 0.29) is 17.4 Å². The first-order chi connectivity index (χ1) is 13.1. The van der Waals surface area contributed by atoms with E-state index in [0.29, 0.717) is 16.5 Å². The lowest BCUT2D eigenvalue weighted by Gasteiger charge is -2.06. The second-order valence-electron chi connectivity index (χ2n) is 5.65. The normalized spacial score (nSPS) is 10.4. The lowest BCUT2D eigenvalue weighted by Crippen LogP contribution is -2.42. The fraction of sp³-hybridized carbons (Fsp3) is 0.105. The number of amides is 2. The summed E-state index contributed by atoms with van der Waals surface area (Å²) < 4.78 is 0. The molecule has 1 aromatic heterocycles. The van der Waals surface area contributed by atoms with Gasteiger partial charge in [0.25, 0.3) is 5.91 Å². The van der Waals surface area contributed by atoms with E-state index in [0.717, 1.165) is 11.1 Å². The number of nitrogens with zero attached hydrogens (tertiary/aromatic N) is 1. The number of thioether (sulfide) groups is 1. The van der Waals surface area contributed by atoms with Gasteiger partial charge in [0.05, 0.1) is 11.4 Å². The predicted molar refractivity (Wildman–Crippen MR) is 107 cm³/mol. The first-order valence-corrected chi connectivity index (χ1v) is 9.67. The Bertz CT molecular complexity index is 913. The molecule has 3 aromatic rings. The molecule has 0 aliphatic heterocycles. The zero-order valence-electron chi connectivity index (χ0n) is 14.2. The fourth-order valence-electron chi connectivity index (χ4n) is 2.27. The van der Waals surface area contributed by atoms with Crippen molar-refractivity contribution < 1.29 is 9.59 Å². The van der Waals surface area contributed by atoms with Crippen molar-refractivity contribution >= 4 is 35.2 Å². The third-order valence-corrected chi connectivity index (χ3v) is 4.88. The molecule has 1 heterocycles. The van der Waals surface area contributed by atoms with Crippen LogP contribution in [0.5, 0.6) is 0 Å². The summed E-state index contributed by atoms with van der Waals surface area (Å²) in [6.45, 7) is 0. The molecule has 8 heteroatoms. The molecule has 6 nitrogen and oxygen atoms in total. The number of nitrogens with one attached hydrogen (secondary N) is 3. The highest BCUT2D eigenvalue weighted by Gasteiger charge is 2.12. The van der Waals surface area contributed by atoms with Crippen molar-refractivity contribution in [1.29, 1.82) is 0 Å². The first-order valence-electron chi connectivity index (χ1n) is 8.14. The number of carbonyl (C=O) groups is 2. The van der Waals surface area contributed by atoms with Gasteiger partial charge >= 0.3 is 0 Å². The molecule has 3 N–H and O–H groups in total. The summed E-state index contributed by atoms with van der Waals surface area (Å²) in [6.07, 6.45) is 0. The van der Waals surface area contributed by atoms with Gasteiger partial charge in [0, 0.05) is 16.3 Å². The average molecular weight is 401 g/mol. The molecule has 0 saturated heterocycles. The van der Waals surface area contributed by atoms with E-state index in [2.05, 4.69) is 21.0 Å². The van der Waals surface area contributed by atoms with Gasteiger partial charge < -0.3 is 0 Å². The quantitative estimate of drug-likeness (QED) is 0.553. The summed E-state index contributed by atoms with van der Waals surface area (Å²) in [4.78, 5) is 24.0. The zero-order valence-corrected chi connectivity index (χ0v) is 15.8.